The number of H-pyrrole nitrogens is 1. The second kappa shape index (κ2) is 2.61. The Labute approximate surface area is 73.2 Å². The maximum absolute atomic E-state index is 12.4. The van der Waals surface area contributed by atoms with Crippen LogP contribution in [0.4, 0.5) is 8.78 Å². The smallest absolute Gasteiger partial charge is 0.249 e. The maximum atomic E-state index is 12.4. The molecule has 1 fully saturated rings. The summed E-state index contributed by atoms with van der Waals surface area (Å²) in [6.07, 6.45) is 2.26. The number of hydrogen-bond donors (Lipinski definition) is 1. The first-order valence-corrected chi connectivity index (χ1v) is 4.00. The van der Waals surface area contributed by atoms with Crippen LogP contribution in [0.15, 0.2) is 12.4 Å². The van der Waals surface area contributed by atoms with Crippen LogP contribution in [0.3, 0.4) is 0 Å². The Bertz CT molecular complexity index is 313. The van der Waals surface area contributed by atoms with Crippen molar-refractivity contribution in [1.29, 1.82) is 0 Å². The molecule has 5 heteroatoms. The molecule has 2 rings (SSSR count). The van der Waals surface area contributed by atoms with Gasteiger partial charge in [0.25, 0.3) is 0 Å². The topological polar surface area (TPSA) is 45.8 Å². The molecular weight excluding hydrogens is 178 g/mol. The lowest BCUT2D eigenvalue weighted by atomic mass is 9.78. The first kappa shape index (κ1) is 8.34. The van der Waals surface area contributed by atoms with Crippen LogP contribution in [-0.4, -0.2) is 21.7 Å². The van der Waals surface area contributed by atoms with E-state index in [9.17, 15) is 13.6 Å². The Morgan fingerprint density at radius 3 is 2.77 bits per heavy atom. The zero-order valence-corrected chi connectivity index (χ0v) is 6.76. The fraction of sp³-hybridized carbons (Fsp3) is 0.500. The van der Waals surface area contributed by atoms with Crippen molar-refractivity contribution in [3.63, 3.8) is 0 Å². The van der Waals surface area contributed by atoms with Gasteiger partial charge in [-0.3, -0.25) is 4.79 Å². The molecule has 0 aromatic carbocycles. The Balaban J connectivity index is 2.02. The van der Waals surface area contributed by atoms with Gasteiger partial charge in [-0.05, 0) is 0 Å². The highest BCUT2D eigenvalue weighted by atomic mass is 19.3. The molecule has 1 aromatic heterocycles. The number of imidazole rings is 1. The average molecular weight is 186 g/mol. The number of nitrogens with one attached hydrogen (secondary N) is 1. The molecule has 1 aliphatic carbocycles. The van der Waals surface area contributed by atoms with E-state index >= 15 is 0 Å². The molecule has 0 saturated heterocycles. The molecular formula is C8H8F2N2O. The molecule has 0 aliphatic heterocycles. The summed E-state index contributed by atoms with van der Waals surface area (Å²) in [6, 6.07) is 0. The van der Waals surface area contributed by atoms with Crippen LogP contribution in [0.1, 0.15) is 23.5 Å². The van der Waals surface area contributed by atoms with Gasteiger partial charge in [-0.15, -0.1) is 0 Å². The lowest BCUT2D eigenvalue weighted by Crippen LogP contribution is -2.40. The third-order valence-electron chi connectivity index (χ3n) is 2.19. The maximum Gasteiger partial charge on any atom is 0.249 e. The third kappa shape index (κ3) is 1.46. The predicted molar refractivity (Wildman–Crippen MR) is 40.6 cm³/mol. The highest BCUT2D eigenvalue weighted by Crippen LogP contribution is 2.43. The summed E-state index contributed by atoms with van der Waals surface area (Å²) in [6.45, 7) is 0. The molecule has 0 spiro atoms. The number of ketones is 1. The fourth-order valence-corrected chi connectivity index (χ4v) is 1.44. The summed E-state index contributed by atoms with van der Waals surface area (Å²) in [5.41, 5.74) is 0. The minimum Gasteiger partial charge on any atom is -0.342 e. The van der Waals surface area contributed by atoms with Crippen molar-refractivity contribution >= 4 is 5.78 Å². The lowest BCUT2D eigenvalue weighted by molar-refractivity contribution is -0.0983. The first-order valence-electron chi connectivity index (χ1n) is 4.00. The molecule has 1 heterocycles. The van der Waals surface area contributed by atoms with Gasteiger partial charge < -0.3 is 4.98 Å². The second-order valence-electron chi connectivity index (χ2n) is 3.26. The Hall–Kier alpha value is -1.26. The molecule has 1 saturated carbocycles. The number of alkyl halides is 2. The van der Waals surface area contributed by atoms with Gasteiger partial charge in [0.2, 0.25) is 11.7 Å². The highest BCUT2D eigenvalue weighted by Gasteiger charge is 2.49. The number of aromatic nitrogens is 2. The van der Waals surface area contributed by atoms with E-state index in [0.29, 0.717) is 0 Å². The molecule has 0 atom stereocenters. The Morgan fingerprint density at radius 1 is 1.62 bits per heavy atom. The van der Waals surface area contributed by atoms with E-state index in [1.165, 1.54) is 12.4 Å². The predicted octanol–water partition coefficient (Wildman–Crippen LogP) is 1.64. The molecule has 0 unspecified atom stereocenters. The minimum atomic E-state index is -2.65. The van der Waals surface area contributed by atoms with Crippen molar-refractivity contribution in [1.82, 2.24) is 9.97 Å². The minimum absolute atomic E-state index is 0.181. The van der Waals surface area contributed by atoms with Gasteiger partial charge in [0.15, 0.2) is 5.82 Å². The van der Waals surface area contributed by atoms with Gasteiger partial charge in [-0.2, -0.15) is 0 Å². The van der Waals surface area contributed by atoms with E-state index < -0.39 is 11.8 Å². The van der Waals surface area contributed by atoms with Crippen molar-refractivity contribution in [2.24, 2.45) is 5.92 Å². The molecule has 1 N–H and O–H groups in total. The van der Waals surface area contributed by atoms with E-state index in [1.807, 2.05) is 0 Å². The van der Waals surface area contributed by atoms with Gasteiger partial charge in [0.1, 0.15) is 0 Å². The normalized spacial score (nSPS) is 21.1. The number of hydrogen-bond acceptors (Lipinski definition) is 2. The SMILES string of the molecule is O=C(c1ncc[nH]1)C1CC(F)(F)C1. The summed E-state index contributed by atoms with van der Waals surface area (Å²) in [5.74, 6) is -3.33. The summed E-state index contributed by atoms with van der Waals surface area (Å²) in [7, 11) is 0. The summed E-state index contributed by atoms with van der Waals surface area (Å²) < 4.78 is 24.8. The van der Waals surface area contributed by atoms with Crippen LogP contribution in [0.25, 0.3) is 0 Å². The monoisotopic (exact) mass is 186 g/mol. The fourth-order valence-electron chi connectivity index (χ4n) is 1.44. The van der Waals surface area contributed by atoms with E-state index in [4.69, 9.17) is 0 Å². The number of halogens is 2. The number of rotatable bonds is 2. The largest absolute Gasteiger partial charge is 0.342 e. The molecule has 0 amide bonds. The number of nitrogens with zero attached hydrogens (tertiary/aromatic N) is 1. The standard InChI is InChI=1S/C8H8F2N2O/c9-8(10)3-5(4-8)6(13)7-11-1-2-12-7/h1-2,5H,3-4H2,(H,11,12). The molecule has 13 heavy (non-hydrogen) atoms. The first-order chi connectivity index (χ1) is 6.08. The molecule has 1 aromatic rings. The average Bonchev–Trinajstić information content (AvgIpc) is 2.50. The van der Waals surface area contributed by atoms with Crippen molar-refractivity contribution in [2.75, 3.05) is 0 Å². The van der Waals surface area contributed by atoms with E-state index in [0.717, 1.165) is 0 Å². The summed E-state index contributed by atoms with van der Waals surface area (Å²) in [4.78, 5) is 17.7. The zero-order valence-electron chi connectivity index (χ0n) is 6.76. The van der Waals surface area contributed by atoms with Crippen molar-refractivity contribution in [2.45, 2.75) is 18.8 Å². The van der Waals surface area contributed by atoms with Crippen molar-refractivity contribution in [3.05, 3.63) is 18.2 Å². The number of carbonyl (C=O) groups excluding carboxylic acids is 1. The zero-order chi connectivity index (χ0) is 9.47. The van der Waals surface area contributed by atoms with E-state index in [1.54, 1.807) is 0 Å². The van der Waals surface area contributed by atoms with Crippen LogP contribution in [0, 0.1) is 5.92 Å². The van der Waals surface area contributed by atoms with Crippen molar-refractivity contribution < 1.29 is 13.6 Å². The number of Topliss-reactive ketones (excluding diaryl/α,β-unsaturated/α-hetero) is 1. The van der Waals surface area contributed by atoms with Gasteiger partial charge in [-0.1, -0.05) is 0 Å². The lowest BCUT2D eigenvalue weighted by Gasteiger charge is -2.32. The van der Waals surface area contributed by atoms with Crippen LogP contribution in [0.5, 0.6) is 0 Å². The van der Waals surface area contributed by atoms with Gasteiger partial charge >= 0.3 is 0 Å². The summed E-state index contributed by atoms with van der Waals surface area (Å²) in [5, 5.41) is 0. The number of carbonyl (C=O) groups is 1. The van der Waals surface area contributed by atoms with Crippen LogP contribution >= 0.6 is 0 Å². The number of aromatic amines is 1. The van der Waals surface area contributed by atoms with Crippen molar-refractivity contribution in [3.8, 4) is 0 Å². The van der Waals surface area contributed by atoms with Crippen LogP contribution in [0.2, 0.25) is 0 Å². The van der Waals surface area contributed by atoms with E-state index in [-0.39, 0.29) is 24.4 Å². The van der Waals surface area contributed by atoms with Crippen LogP contribution in [-0.2, 0) is 0 Å². The van der Waals surface area contributed by atoms with Gasteiger partial charge in [-0.25, -0.2) is 13.8 Å². The summed E-state index contributed by atoms with van der Waals surface area (Å²) >= 11 is 0. The Kier molecular flexibility index (Phi) is 1.68. The molecule has 0 bridgehead atoms. The molecule has 0 radical (unpaired) electrons. The van der Waals surface area contributed by atoms with Gasteiger partial charge in [0, 0.05) is 31.2 Å². The molecule has 1 aliphatic rings. The van der Waals surface area contributed by atoms with Gasteiger partial charge in [0.05, 0.1) is 0 Å². The quantitative estimate of drug-likeness (QED) is 0.713. The molecule has 3 nitrogen and oxygen atoms in total. The Morgan fingerprint density at radius 2 is 2.31 bits per heavy atom. The third-order valence-corrected chi connectivity index (χ3v) is 2.19. The molecule has 70 valence electrons. The highest BCUT2D eigenvalue weighted by molar-refractivity contribution is 5.95. The van der Waals surface area contributed by atoms with Crippen LogP contribution < -0.4 is 0 Å². The second-order valence-corrected chi connectivity index (χ2v) is 3.26. The van der Waals surface area contributed by atoms with E-state index in [2.05, 4.69) is 9.97 Å².